The van der Waals surface area contributed by atoms with Crippen LogP contribution in [0.5, 0.6) is 11.5 Å². The van der Waals surface area contributed by atoms with Crippen molar-refractivity contribution in [3.05, 3.63) is 65.2 Å². The third-order valence-corrected chi connectivity index (χ3v) is 60.5. The summed E-state index contributed by atoms with van der Waals surface area (Å²) < 4.78 is 0.735. The van der Waals surface area contributed by atoms with Crippen LogP contribution in [-0.4, -0.2) is 10.2 Å². The number of aromatic hydroxyl groups is 2. The SMILES string of the molecule is CCC(=C(c1ccc(O)cc1)c1ccc(O)cc1)[C]12[CH]3[CH]4[CH]5[CH]1[Fe]45321678[CH]2[CH]1[CH]6[CH]7[CH]28. The maximum atomic E-state index is 9.92. The van der Waals surface area contributed by atoms with Gasteiger partial charge < -0.3 is 0 Å². The van der Waals surface area contributed by atoms with Crippen molar-refractivity contribution < 1.29 is 16.7 Å². The third-order valence-electron chi connectivity index (χ3n) is 18.1. The van der Waals surface area contributed by atoms with E-state index < -0.39 is 6.51 Å². The molecule has 10 saturated heterocycles. The fraction of sp³-hybridized carbons (Fsp3) is 0.462. The first-order valence-electron chi connectivity index (χ1n) is 11.4. The molecule has 4 atom stereocenters. The van der Waals surface area contributed by atoms with E-state index >= 15 is 0 Å². The van der Waals surface area contributed by atoms with Crippen LogP contribution in [0.1, 0.15) is 24.5 Å². The number of phenols is 2. The van der Waals surface area contributed by atoms with Crippen LogP contribution in [0.2, 0.25) is 47.7 Å². The van der Waals surface area contributed by atoms with Crippen molar-refractivity contribution in [1.29, 1.82) is 0 Å². The molecule has 0 radical (unpaired) electrons. The fourth-order valence-electron chi connectivity index (χ4n) is 19.4. The Balaban J connectivity index is 1.24. The van der Waals surface area contributed by atoms with Gasteiger partial charge in [0.25, 0.3) is 0 Å². The van der Waals surface area contributed by atoms with Gasteiger partial charge in [-0.3, -0.25) is 0 Å². The molecule has 10 aliphatic rings. The van der Waals surface area contributed by atoms with Gasteiger partial charge in [0.1, 0.15) is 0 Å². The van der Waals surface area contributed by atoms with Gasteiger partial charge in [0, 0.05) is 0 Å². The van der Waals surface area contributed by atoms with Gasteiger partial charge in [-0.05, 0) is 0 Å². The molecule has 29 heavy (non-hydrogen) atoms. The number of hydrogen-bond acceptors (Lipinski definition) is 2. The number of allylic oxidation sites excluding steroid dienone is 1. The van der Waals surface area contributed by atoms with Crippen molar-refractivity contribution in [3.63, 3.8) is 0 Å². The van der Waals surface area contributed by atoms with E-state index in [2.05, 4.69) is 31.2 Å². The van der Waals surface area contributed by atoms with Crippen LogP contribution in [0.3, 0.4) is 0 Å². The van der Waals surface area contributed by atoms with E-state index in [0.29, 0.717) is 11.5 Å². The third kappa shape index (κ3) is 0.246. The topological polar surface area (TPSA) is 40.5 Å². The quantitative estimate of drug-likeness (QED) is 0.516. The minimum atomic E-state index is -3.26. The summed E-state index contributed by atoms with van der Waals surface area (Å²) in [7, 11) is 0. The first-order valence-corrected chi connectivity index (χ1v) is 17.7. The van der Waals surface area contributed by atoms with E-state index in [1.165, 1.54) is 66.5 Å². The molecule has 4 unspecified atom stereocenters. The summed E-state index contributed by atoms with van der Waals surface area (Å²) >= 11 is 0. The molecular formula is C26H24FeO2. The molecule has 2 aromatic carbocycles. The summed E-state index contributed by atoms with van der Waals surface area (Å²) in [5, 5.41) is 19.8. The molecule has 0 aliphatic carbocycles. The monoisotopic (exact) mass is 424 g/mol. The first-order chi connectivity index (χ1) is 13.9. The van der Waals surface area contributed by atoms with Crippen molar-refractivity contribution >= 4 is 5.57 Å². The van der Waals surface area contributed by atoms with Crippen LogP contribution in [0, 0.1) is 0 Å². The summed E-state index contributed by atoms with van der Waals surface area (Å²) in [4.78, 5) is 11.8. The number of fused-ring (bicyclic) bond motifs is 10. The molecule has 10 heterocycles. The van der Waals surface area contributed by atoms with E-state index in [0.717, 1.165) is 4.31 Å². The number of rotatable bonds is 4. The second-order valence-electron chi connectivity index (χ2n) is 14.0. The van der Waals surface area contributed by atoms with E-state index in [-0.39, 0.29) is 0 Å². The molecule has 2 N–H and O–H groups in total. The predicted octanol–water partition coefficient (Wildman–Crippen LogP) is 7.07. The van der Waals surface area contributed by atoms with Crippen LogP contribution in [0.15, 0.2) is 54.1 Å². The molecule has 0 amide bonds. The van der Waals surface area contributed by atoms with Crippen LogP contribution in [-0.2, 0) is 6.51 Å². The zero-order chi connectivity index (χ0) is 18.8. The molecule has 1 spiro atoms. The van der Waals surface area contributed by atoms with Crippen molar-refractivity contribution in [2.45, 2.75) is 61.0 Å². The molecule has 148 valence electrons. The second kappa shape index (κ2) is 1.58. The molecule has 0 saturated carbocycles. The van der Waals surface area contributed by atoms with E-state index in [1.807, 2.05) is 29.8 Å². The Labute approximate surface area is 159 Å². The normalized spacial score (nSPS) is 74.3. The van der Waals surface area contributed by atoms with E-state index in [4.69, 9.17) is 0 Å². The van der Waals surface area contributed by atoms with E-state index in [9.17, 15) is 10.2 Å². The Kier molecular flexibility index (Phi) is 0.700. The maximum absolute atomic E-state index is 9.92. The van der Waals surface area contributed by atoms with Crippen molar-refractivity contribution in [1.82, 2.24) is 0 Å². The number of benzene rings is 2. The summed E-state index contributed by atoms with van der Waals surface area (Å²) in [6.07, 6.45) is 1.18. The minimum absolute atomic E-state index is 0.343. The fourth-order valence-corrected chi connectivity index (χ4v) is 93.9. The Morgan fingerprint density at radius 2 is 1.14 bits per heavy atom. The van der Waals surface area contributed by atoms with Gasteiger partial charge in [-0.15, -0.1) is 0 Å². The molecule has 10 fully saturated rings. The van der Waals surface area contributed by atoms with Gasteiger partial charge in [-0.2, -0.15) is 0 Å². The molecule has 3 heteroatoms. The zero-order valence-corrected chi connectivity index (χ0v) is 17.4. The zero-order valence-electron chi connectivity index (χ0n) is 16.3. The summed E-state index contributed by atoms with van der Waals surface area (Å²) in [6, 6.07) is 15.9. The average molecular weight is 424 g/mol. The standard InChI is InChI=1S/C21H19O2.C5H5.Fe/c1-2-20(15-5-3-4-6-15)21(16-7-11-18(22)12-8-16)17-9-13-19(23)14-10-17;1-2-4-5-3-1;/h3-14,22-23H,2H2,1H3;1-5H;. The Bertz CT molecular complexity index is 1540. The van der Waals surface area contributed by atoms with Gasteiger partial charge in [0.2, 0.25) is 0 Å². The Morgan fingerprint density at radius 1 is 0.724 bits per heavy atom. The van der Waals surface area contributed by atoms with Crippen molar-refractivity contribution in [2.24, 2.45) is 0 Å². The average Bonchev–Trinajstić information content (AvgIpc) is 3.67. The van der Waals surface area contributed by atoms with Crippen molar-refractivity contribution in [2.75, 3.05) is 0 Å². The summed E-state index contributed by atoms with van der Waals surface area (Å²) in [6.45, 7) is -0.844. The Morgan fingerprint density at radius 3 is 1.41 bits per heavy atom. The van der Waals surface area contributed by atoms with Crippen LogP contribution in [0.4, 0.5) is 0 Å². The molecule has 10 aliphatic heterocycles. The summed E-state index contributed by atoms with van der Waals surface area (Å²) in [5.41, 5.74) is 5.82. The van der Waals surface area contributed by atoms with Gasteiger partial charge in [0.05, 0.1) is 0 Å². The Hall–Kier alpha value is -1.70. The number of phenolic OH excluding ortho intramolecular Hbond substituents is 2. The molecule has 0 bridgehead atoms. The molecular weight excluding hydrogens is 400 g/mol. The van der Waals surface area contributed by atoms with Crippen LogP contribution in [0.25, 0.3) is 5.57 Å². The van der Waals surface area contributed by atoms with Gasteiger partial charge in [0.15, 0.2) is 0 Å². The van der Waals surface area contributed by atoms with Crippen LogP contribution >= 0.6 is 0 Å². The molecule has 2 aromatic rings. The molecule has 12 rings (SSSR count). The summed E-state index contributed by atoms with van der Waals surface area (Å²) in [5.74, 6) is 0.685. The predicted molar refractivity (Wildman–Crippen MR) is 109 cm³/mol. The number of hydrogen-bond donors (Lipinski definition) is 2. The van der Waals surface area contributed by atoms with Crippen molar-refractivity contribution in [3.8, 4) is 11.5 Å². The van der Waals surface area contributed by atoms with Gasteiger partial charge in [-0.25, -0.2) is 0 Å². The second-order valence-corrected chi connectivity index (χ2v) is 37.5. The van der Waals surface area contributed by atoms with E-state index in [1.54, 1.807) is 0 Å². The van der Waals surface area contributed by atoms with Gasteiger partial charge in [-0.1, -0.05) is 0 Å². The van der Waals surface area contributed by atoms with Gasteiger partial charge >= 0.3 is 160 Å². The molecule has 2 nitrogen and oxygen atoms in total. The van der Waals surface area contributed by atoms with Crippen LogP contribution < -0.4 is 0 Å². The first kappa shape index (κ1) is 12.9. The molecule has 0 aromatic heterocycles.